The largest absolute Gasteiger partial charge is 0.493 e. The number of Topliss-reactive ketones (excluding diaryl/α,β-unsaturated/α-hetero) is 1. The maximum Gasteiger partial charge on any atom is 0.182 e. The lowest BCUT2D eigenvalue weighted by molar-refractivity contribution is 0.0607. The lowest BCUT2D eigenvalue weighted by atomic mass is 10.0. The van der Waals surface area contributed by atoms with E-state index in [2.05, 4.69) is 5.32 Å². The minimum absolute atomic E-state index is 0.00986. The van der Waals surface area contributed by atoms with Crippen molar-refractivity contribution in [3.8, 4) is 11.5 Å². The molecule has 2 rings (SSSR count). The zero-order chi connectivity index (χ0) is 13.0. The van der Waals surface area contributed by atoms with Crippen LogP contribution in [0, 0.1) is 0 Å². The zero-order valence-electron chi connectivity index (χ0n) is 10.6. The molecule has 1 heterocycles. The van der Waals surface area contributed by atoms with Gasteiger partial charge >= 0.3 is 0 Å². The molecule has 1 N–H and O–H groups in total. The molecule has 0 radical (unpaired) electrons. The second kappa shape index (κ2) is 5.84. The molecule has 5 nitrogen and oxygen atoms in total. The van der Waals surface area contributed by atoms with Crippen LogP contribution in [0.1, 0.15) is 10.4 Å². The van der Waals surface area contributed by atoms with Crippen molar-refractivity contribution >= 4 is 5.78 Å². The average Bonchev–Trinajstić information content (AvgIpc) is 2.46. The van der Waals surface area contributed by atoms with Gasteiger partial charge < -0.3 is 19.5 Å². The molecular formula is C13H17NO4. The Morgan fingerprint density at radius 3 is 2.72 bits per heavy atom. The molecule has 1 fully saturated rings. The Hall–Kier alpha value is -1.59. The molecule has 18 heavy (non-hydrogen) atoms. The van der Waals surface area contributed by atoms with Gasteiger partial charge in [0.05, 0.1) is 33.5 Å². The first kappa shape index (κ1) is 12.9. The molecule has 1 aromatic rings. The summed E-state index contributed by atoms with van der Waals surface area (Å²) in [7, 11) is 3.12. The second-order valence-electron chi connectivity index (χ2n) is 4.02. The Balaban J connectivity index is 2.19. The topological polar surface area (TPSA) is 56.8 Å². The Kier molecular flexibility index (Phi) is 4.17. The van der Waals surface area contributed by atoms with Crippen molar-refractivity contribution in [2.75, 3.05) is 34.0 Å². The van der Waals surface area contributed by atoms with Gasteiger partial charge in [-0.2, -0.15) is 0 Å². The van der Waals surface area contributed by atoms with Crippen LogP contribution in [-0.4, -0.2) is 45.8 Å². The summed E-state index contributed by atoms with van der Waals surface area (Å²) in [5.41, 5.74) is 0.593. The van der Waals surface area contributed by atoms with Crippen LogP contribution in [0.15, 0.2) is 18.2 Å². The van der Waals surface area contributed by atoms with Crippen LogP contribution in [0.4, 0.5) is 0 Å². The van der Waals surface area contributed by atoms with Crippen LogP contribution in [0.5, 0.6) is 11.5 Å². The van der Waals surface area contributed by atoms with E-state index in [4.69, 9.17) is 14.2 Å². The number of hydrogen-bond acceptors (Lipinski definition) is 5. The number of ether oxygens (including phenoxy) is 3. The number of benzene rings is 1. The van der Waals surface area contributed by atoms with Crippen LogP contribution in [0.2, 0.25) is 0 Å². The highest BCUT2D eigenvalue weighted by Crippen LogP contribution is 2.28. The van der Waals surface area contributed by atoms with Crippen molar-refractivity contribution in [1.82, 2.24) is 5.32 Å². The predicted molar refractivity (Wildman–Crippen MR) is 66.5 cm³/mol. The summed E-state index contributed by atoms with van der Waals surface area (Å²) in [6.45, 7) is 1.76. The molecule has 1 unspecified atom stereocenters. The third kappa shape index (κ3) is 2.63. The van der Waals surface area contributed by atoms with Gasteiger partial charge in [0.1, 0.15) is 0 Å². The Labute approximate surface area is 106 Å². The molecule has 0 saturated carbocycles. The highest BCUT2D eigenvalue weighted by atomic mass is 16.5. The van der Waals surface area contributed by atoms with Crippen LogP contribution < -0.4 is 14.8 Å². The van der Waals surface area contributed by atoms with Gasteiger partial charge in [-0.1, -0.05) is 0 Å². The van der Waals surface area contributed by atoms with Gasteiger partial charge in [-0.05, 0) is 18.2 Å². The second-order valence-corrected chi connectivity index (χ2v) is 4.02. The molecule has 5 heteroatoms. The molecule has 1 aromatic carbocycles. The maximum absolute atomic E-state index is 12.2. The van der Waals surface area contributed by atoms with Crippen LogP contribution >= 0.6 is 0 Å². The van der Waals surface area contributed by atoms with Gasteiger partial charge in [0, 0.05) is 12.1 Å². The zero-order valence-corrected chi connectivity index (χ0v) is 10.6. The van der Waals surface area contributed by atoms with Crippen LogP contribution in [0.25, 0.3) is 0 Å². The number of hydrogen-bond donors (Lipinski definition) is 1. The van der Waals surface area contributed by atoms with E-state index in [1.807, 2.05) is 0 Å². The van der Waals surface area contributed by atoms with Gasteiger partial charge in [-0.3, -0.25) is 4.79 Å². The van der Waals surface area contributed by atoms with Crippen molar-refractivity contribution in [2.45, 2.75) is 6.04 Å². The van der Waals surface area contributed by atoms with Crippen LogP contribution in [0.3, 0.4) is 0 Å². The van der Waals surface area contributed by atoms with Crippen molar-refractivity contribution < 1.29 is 19.0 Å². The summed E-state index contributed by atoms with van der Waals surface area (Å²) < 4.78 is 15.6. The molecule has 1 atom stereocenters. The van der Waals surface area contributed by atoms with E-state index < -0.39 is 0 Å². The normalized spacial score (nSPS) is 19.3. The van der Waals surface area contributed by atoms with E-state index in [1.165, 1.54) is 0 Å². The van der Waals surface area contributed by atoms with Crippen molar-refractivity contribution in [2.24, 2.45) is 0 Å². The first-order valence-corrected chi connectivity index (χ1v) is 5.83. The standard InChI is InChI=1S/C13H17NO4/c1-16-11-4-3-9(7-12(11)17-2)13(15)10-8-18-6-5-14-10/h3-4,7,10,14H,5-6,8H2,1-2H3. The first-order valence-electron chi connectivity index (χ1n) is 5.83. The summed E-state index contributed by atoms with van der Waals surface area (Å²) in [5.74, 6) is 1.18. The average molecular weight is 251 g/mol. The number of methoxy groups -OCH3 is 2. The SMILES string of the molecule is COc1ccc(C(=O)C2COCCN2)cc1OC. The highest BCUT2D eigenvalue weighted by Gasteiger charge is 2.23. The van der Waals surface area contributed by atoms with Crippen molar-refractivity contribution in [3.05, 3.63) is 23.8 Å². The van der Waals surface area contributed by atoms with Gasteiger partial charge in [0.15, 0.2) is 17.3 Å². The summed E-state index contributed by atoms with van der Waals surface area (Å²) in [6, 6.07) is 4.88. The van der Waals surface area contributed by atoms with Gasteiger partial charge in [0.2, 0.25) is 0 Å². The van der Waals surface area contributed by atoms with Crippen LogP contribution in [-0.2, 0) is 4.74 Å². The molecule has 0 spiro atoms. The Morgan fingerprint density at radius 2 is 2.11 bits per heavy atom. The van der Waals surface area contributed by atoms with E-state index in [-0.39, 0.29) is 11.8 Å². The number of ketones is 1. The van der Waals surface area contributed by atoms with Gasteiger partial charge in [-0.25, -0.2) is 0 Å². The quantitative estimate of drug-likeness (QED) is 0.805. The Bertz CT molecular complexity index is 427. The molecule has 0 amide bonds. The third-order valence-corrected chi connectivity index (χ3v) is 2.91. The molecule has 1 aliphatic rings. The fourth-order valence-electron chi connectivity index (χ4n) is 1.92. The minimum Gasteiger partial charge on any atom is -0.493 e. The summed E-state index contributed by atoms with van der Waals surface area (Å²) in [6.07, 6.45) is 0. The minimum atomic E-state index is -0.281. The monoisotopic (exact) mass is 251 g/mol. The van der Waals surface area contributed by atoms with Gasteiger partial charge in [0.25, 0.3) is 0 Å². The van der Waals surface area contributed by atoms with E-state index in [1.54, 1.807) is 32.4 Å². The lowest BCUT2D eigenvalue weighted by Gasteiger charge is -2.22. The number of rotatable bonds is 4. The highest BCUT2D eigenvalue weighted by molar-refractivity contribution is 6.00. The number of morpholine rings is 1. The predicted octanol–water partition coefficient (Wildman–Crippen LogP) is 0.875. The van der Waals surface area contributed by atoms with Crippen molar-refractivity contribution in [3.63, 3.8) is 0 Å². The molecule has 1 saturated heterocycles. The number of carbonyl (C=O) groups is 1. The molecule has 0 aliphatic carbocycles. The summed E-state index contributed by atoms with van der Waals surface area (Å²) in [4.78, 5) is 12.2. The molecule has 1 aliphatic heterocycles. The maximum atomic E-state index is 12.2. The summed E-state index contributed by atoms with van der Waals surface area (Å²) in [5, 5.41) is 3.14. The van der Waals surface area contributed by atoms with E-state index >= 15 is 0 Å². The fourth-order valence-corrected chi connectivity index (χ4v) is 1.92. The van der Waals surface area contributed by atoms with E-state index in [0.717, 1.165) is 0 Å². The van der Waals surface area contributed by atoms with Gasteiger partial charge in [-0.15, -0.1) is 0 Å². The number of carbonyl (C=O) groups excluding carboxylic acids is 1. The molecule has 0 aromatic heterocycles. The van der Waals surface area contributed by atoms with Crippen molar-refractivity contribution in [1.29, 1.82) is 0 Å². The lowest BCUT2D eigenvalue weighted by Crippen LogP contribution is -2.46. The summed E-state index contributed by atoms with van der Waals surface area (Å²) >= 11 is 0. The molecular weight excluding hydrogens is 234 g/mol. The number of nitrogens with one attached hydrogen (secondary N) is 1. The molecule has 98 valence electrons. The van der Waals surface area contributed by atoms with E-state index in [0.29, 0.717) is 36.8 Å². The first-order chi connectivity index (χ1) is 8.76. The Morgan fingerprint density at radius 1 is 1.33 bits per heavy atom. The smallest absolute Gasteiger partial charge is 0.182 e. The fraction of sp³-hybridized carbons (Fsp3) is 0.462. The third-order valence-electron chi connectivity index (χ3n) is 2.91. The van der Waals surface area contributed by atoms with E-state index in [9.17, 15) is 4.79 Å². The molecule has 0 bridgehead atoms.